The van der Waals surface area contributed by atoms with Crippen molar-refractivity contribution in [2.75, 3.05) is 37.4 Å². The summed E-state index contributed by atoms with van der Waals surface area (Å²) < 4.78 is 5.35. The lowest BCUT2D eigenvalue weighted by molar-refractivity contribution is 0.0354. The standard InChI is InChI=1S/C21H27N5O/c1-13-11-18(24-21(22)23-13)26-12-17(14-3-5-16(27-2)6-4-14)20-19(26)15-7-9-25(20)10-8-15/h3-6,11,15,17,19-20H,7-10,12H2,1-2H3,(H2,22,23,24)/t17-,19+,20+/m1/s1. The molecule has 2 N–H and O–H groups in total. The molecule has 6 rings (SSSR count). The van der Waals surface area contributed by atoms with Crippen LogP contribution in [0.15, 0.2) is 30.3 Å². The fraction of sp³-hybridized carbons (Fsp3) is 0.524. The third-order valence-corrected chi connectivity index (χ3v) is 6.69. The van der Waals surface area contributed by atoms with Gasteiger partial charge in [-0.05, 0) is 56.5 Å². The third-order valence-electron chi connectivity index (χ3n) is 6.69. The summed E-state index contributed by atoms with van der Waals surface area (Å²) in [4.78, 5) is 14.1. The highest BCUT2D eigenvalue weighted by molar-refractivity contribution is 5.50. The summed E-state index contributed by atoms with van der Waals surface area (Å²) in [5, 5.41) is 0. The van der Waals surface area contributed by atoms with E-state index in [1.54, 1.807) is 7.11 Å². The monoisotopic (exact) mass is 365 g/mol. The van der Waals surface area contributed by atoms with Crippen molar-refractivity contribution in [1.29, 1.82) is 0 Å². The molecule has 1 aromatic carbocycles. The second kappa shape index (κ2) is 6.37. The zero-order chi connectivity index (χ0) is 18.5. The first kappa shape index (κ1) is 16.8. The Hall–Kier alpha value is -2.34. The predicted octanol–water partition coefficient (Wildman–Crippen LogP) is 2.44. The molecule has 142 valence electrons. The van der Waals surface area contributed by atoms with Crippen LogP contribution in [0, 0.1) is 12.8 Å². The number of anilines is 2. The molecular weight excluding hydrogens is 338 g/mol. The molecule has 0 aliphatic carbocycles. The van der Waals surface area contributed by atoms with Crippen molar-refractivity contribution in [3.63, 3.8) is 0 Å². The number of rotatable bonds is 3. The van der Waals surface area contributed by atoms with Gasteiger partial charge in [0.2, 0.25) is 5.95 Å². The summed E-state index contributed by atoms with van der Waals surface area (Å²) in [7, 11) is 1.72. The molecule has 5 heterocycles. The smallest absolute Gasteiger partial charge is 0.222 e. The molecule has 2 bridgehead atoms. The minimum atomic E-state index is 0.371. The Kier molecular flexibility index (Phi) is 3.97. The molecule has 0 spiro atoms. The minimum Gasteiger partial charge on any atom is -0.497 e. The Morgan fingerprint density at radius 3 is 2.48 bits per heavy atom. The Balaban J connectivity index is 1.55. The first-order chi connectivity index (χ1) is 13.1. The summed E-state index contributed by atoms with van der Waals surface area (Å²) in [5.41, 5.74) is 8.30. The number of aromatic nitrogens is 2. The normalized spacial score (nSPS) is 31.8. The summed E-state index contributed by atoms with van der Waals surface area (Å²) >= 11 is 0. The van der Waals surface area contributed by atoms with Gasteiger partial charge in [0.25, 0.3) is 0 Å². The molecule has 0 amide bonds. The number of ether oxygens (including phenoxy) is 1. The first-order valence-corrected chi connectivity index (χ1v) is 9.90. The van der Waals surface area contributed by atoms with Crippen LogP contribution in [0.25, 0.3) is 0 Å². The average Bonchev–Trinajstić information content (AvgIpc) is 3.11. The Bertz CT molecular complexity index is 811. The maximum Gasteiger partial charge on any atom is 0.222 e. The number of hydrogen-bond donors (Lipinski definition) is 1. The number of nitrogens with zero attached hydrogens (tertiary/aromatic N) is 4. The van der Waals surface area contributed by atoms with E-state index < -0.39 is 0 Å². The maximum absolute atomic E-state index is 5.98. The molecule has 1 aromatic heterocycles. The van der Waals surface area contributed by atoms with Gasteiger partial charge >= 0.3 is 0 Å². The van der Waals surface area contributed by atoms with Gasteiger partial charge in [-0.15, -0.1) is 0 Å². The number of piperidine rings is 3. The van der Waals surface area contributed by atoms with Gasteiger partial charge in [0.1, 0.15) is 11.6 Å². The lowest BCUT2D eigenvalue weighted by Gasteiger charge is -2.51. The van der Waals surface area contributed by atoms with Crippen LogP contribution in [-0.4, -0.2) is 53.7 Å². The first-order valence-electron chi connectivity index (χ1n) is 9.90. The second-order valence-electron chi connectivity index (χ2n) is 8.11. The van der Waals surface area contributed by atoms with E-state index in [0.29, 0.717) is 23.9 Å². The number of benzene rings is 1. The van der Waals surface area contributed by atoms with Crippen LogP contribution >= 0.6 is 0 Å². The van der Waals surface area contributed by atoms with Crippen LogP contribution in [0.2, 0.25) is 0 Å². The number of hydrogen-bond acceptors (Lipinski definition) is 6. The quantitative estimate of drug-likeness (QED) is 0.901. The Labute approximate surface area is 160 Å². The van der Waals surface area contributed by atoms with Crippen LogP contribution in [0.1, 0.15) is 30.0 Å². The van der Waals surface area contributed by atoms with Crippen molar-refractivity contribution in [2.45, 2.75) is 37.8 Å². The number of aryl methyl sites for hydroxylation is 1. The van der Waals surface area contributed by atoms with Gasteiger partial charge in [-0.3, -0.25) is 4.90 Å². The molecule has 0 radical (unpaired) electrons. The van der Waals surface area contributed by atoms with Crippen LogP contribution < -0.4 is 15.4 Å². The highest BCUT2D eigenvalue weighted by Crippen LogP contribution is 2.47. The highest BCUT2D eigenvalue weighted by Gasteiger charge is 2.53. The van der Waals surface area contributed by atoms with Crippen LogP contribution in [0.5, 0.6) is 5.75 Å². The van der Waals surface area contributed by atoms with Crippen molar-refractivity contribution in [3.05, 3.63) is 41.6 Å². The van der Waals surface area contributed by atoms with Gasteiger partial charge in [-0.2, -0.15) is 4.98 Å². The molecule has 4 aliphatic heterocycles. The van der Waals surface area contributed by atoms with Crippen LogP contribution in [0.4, 0.5) is 11.8 Å². The fourth-order valence-corrected chi connectivity index (χ4v) is 5.55. The van der Waals surface area contributed by atoms with E-state index in [9.17, 15) is 0 Å². The Morgan fingerprint density at radius 1 is 1.07 bits per heavy atom. The van der Waals surface area contributed by atoms with E-state index in [4.69, 9.17) is 10.5 Å². The summed E-state index contributed by atoms with van der Waals surface area (Å²) in [6, 6.07) is 11.8. The van der Waals surface area contributed by atoms with Gasteiger partial charge in [-0.25, -0.2) is 4.98 Å². The van der Waals surface area contributed by atoms with E-state index in [0.717, 1.165) is 29.7 Å². The largest absolute Gasteiger partial charge is 0.497 e. The molecule has 4 aliphatic rings. The van der Waals surface area contributed by atoms with E-state index in [1.807, 2.05) is 6.92 Å². The molecular formula is C21H27N5O. The van der Waals surface area contributed by atoms with E-state index in [2.05, 4.69) is 50.1 Å². The number of methoxy groups -OCH3 is 1. The molecule has 6 nitrogen and oxygen atoms in total. The minimum absolute atomic E-state index is 0.371. The zero-order valence-electron chi connectivity index (χ0n) is 16.0. The van der Waals surface area contributed by atoms with Gasteiger partial charge in [-0.1, -0.05) is 12.1 Å². The zero-order valence-corrected chi connectivity index (χ0v) is 16.0. The third kappa shape index (κ3) is 2.74. The van der Waals surface area contributed by atoms with E-state index in [-0.39, 0.29) is 0 Å². The number of nitrogens with two attached hydrogens (primary N) is 1. The van der Waals surface area contributed by atoms with Crippen LogP contribution in [-0.2, 0) is 0 Å². The lowest BCUT2D eigenvalue weighted by Crippen LogP contribution is -2.60. The fourth-order valence-electron chi connectivity index (χ4n) is 5.55. The van der Waals surface area contributed by atoms with Crippen molar-refractivity contribution < 1.29 is 4.74 Å². The van der Waals surface area contributed by atoms with Gasteiger partial charge in [0, 0.05) is 36.3 Å². The molecule has 4 saturated heterocycles. The summed E-state index contributed by atoms with van der Waals surface area (Å²) in [6.45, 7) is 5.41. The SMILES string of the molecule is COc1ccc([C@H]2CN(c3cc(C)nc(N)n3)[C@H]3C4CCN(CC4)[C@@H]23)cc1. The second-order valence-corrected chi connectivity index (χ2v) is 8.11. The van der Waals surface area contributed by atoms with Crippen molar-refractivity contribution in [3.8, 4) is 5.75 Å². The molecule has 2 aromatic rings. The molecule has 4 fully saturated rings. The molecule has 0 saturated carbocycles. The van der Waals surface area contributed by atoms with Crippen molar-refractivity contribution in [2.24, 2.45) is 5.92 Å². The highest BCUT2D eigenvalue weighted by atomic mass is 16.5. The van der Waals surface area contributed by atoms with Crippen molar-refractivity contribution in [1.82, 2.24) is 14.9 Å². The lowest BCUT2D eigenvalue weighted by atomic mass is 9.75. The van der Waals surface area contributed by atoms with Gasteiger partial charge in [0.15, 0.2) is 0 Å². The van der Waals surface area contributed by atoms with Gasteiger partial charge in [0.05, 0.1) is 7.11 Å². The van der Waals surface area contributed by atoms with E-state index in [1.165, 1.54) is 31.5 Å². The Morgan fingerprint density at radius 2 is 1.81 bits per heavy atom. The van der Waals surface area contributed by atoms with E-state index >= 15 is 0 Å². The molecule has 3 atom stereocenters. The molecule has 0 unspecified atom stereocenters. The number of nitrogen functional groups attached to an aromatic ring is 1. The maximum atomic E-state index is 5.98. The van der Waals surface area contributed by atoms with Crippen LogP contribution in [0.3, 0.4) is 0 Å². The molecule has 27 heavy (non-hydrogen) atoms. The average molecular weight is 365 g/mol. The number of fused-ring (bicyclic) bond motifs is 2. The van der Waals surface area contributed by atoms with Gasteiger partial charge < -0.3 is 15.4 Å². The topological polar surface area (TPSA) is 67.5 Å². The van der Waals surface area contributed by atoms with Crippen molar-refractivity contribution >= 4 is 11.8 Å². The molecule has 6 heteroatoms. The predicted molar refractivity (Wildman–Crippen MR) is 106 cm³/mol. The summed E-state index contributed by atoms with van der Waals surface area (Å²) in [5.74, 6) is 3.48. The summed E-state index contributed by atoms with van der Waals surface area (Å²) in [6.07, 6.45) is 2.57.